The molecular formula is C20H26N4O2. The molecule has 0 heterocycles. The molecule has 2 aromatic rings. The van der Waals surface area contributed by atoms with Crippen LogP contribution in [-0.4, -0.2) is 39.6 Å². The summed E-state index contributed by atoms with van der Waals surface area (Å²) in [7, 11) is 5.04. The molecule has 2 aromatic carbocycles. The third-order valence-electron chi connectivity index (χ3n) is 3.98. The summed E-state index contributed by atoms with van der Waals surface area (Å²) in [6.45, 7) is 1.33. The first-order valence-electron chi connectivity index (χ1n) is 8.55. The Morgan fingerprint density at radius 2 is 1.92 bits per heavy atom. The van der Waals surface area contributed by atoms with Crippen LogP contribution in [0.25, 0.3) is 0 Å². The molecule has 1 amide bonds. The third-order valence-corrected chi connectivity index (χ3v) is 3.98. The molecule has 6 nitrogen and oxygen atoms in total. The van der Waals surface area contributed by atoms with Gasteiger partial charge >= 0.3 is 0 Å². The summed E-state index contributed by atoms with van der Waals surface area (Å²) >= 11 is 0. The molecule has 0 saturated heterocycles. The number of methoxy groups -OCH3 is 1. The number of hydrogen-bond acceptors (Lipinski definition) is 3. The lowest BCUT2D eigenvalue weighted by atomic mass is 10.1. The van der Waals surface area contributed by atoms with Crippen molar-refractivity contribution in [1.29, 1.82) is 0 Å². The average molecular weight is 354 g/mol. The molecule has 0 aliphatic rings. The molecule has 0 saturated carbocycles. The zero-order chi connectivity index (χ0) is 18.8. The summed E-state index contributed by atoms with van der Waals surface area (Å²) in [5, 5.41) is 9.21. The van der Waals surface area contributed by atoms with Crippen molar-refractivity contribution in [3.8, 4) is 5.75 Å². The van der Waals surface area contributed by atoms with Crippen LogP contribution in [0.2, 0.25) is 0 Å². The second-order valence-corrected chi connectivity index (χ2v) is 5.69. The van der Waals surface area contributed by atoms with Gasteiger partial charge in [0, 0.05) is 38.3 Å². The summed E-state index contributed by atoms with van der Waals surface area (Å²) in [6, 6.07) is 15.5. The van der Waals surface area contributed by atoms with Crippen LogP contribution in [0.3, 0.4) is 0 Å². The van der Waals surface area contributed by atoms with E-state index in [4.69, 9.17) is 4.74 Å². The maximum absolute atomic E-state index is 11.7. The van der Waals surface area contributed by atoms with Gasteiger partial charge in [-0.15, -0.1) is 0 Å². The van der Waals surface area contributed by atoms with E-state index in [1.165, 1.54) is 0 Å². The number of guanidine groups is 1. The van der Waals surface area contributed by atoms with Crippen LogP contribution in [-0.2, 0) is 13.0 Å². The van der Waals surface area contributed by atoms with Gasteiger partial charge in [0.2, 0.25) is 0 Å². The van der Waals surface area contributed by atoms with Crippen LogP contribution >= 0.6 is 0 Å². The second kappa shape index (κ2) is 10.1. The van der Waals surface area contributed by atoms with Gasteiger partial charge in [-0.3, -0.25) is 9.79 Å². The van der Waals surface area contributed by atoms with E-state index in [9.17, 15) is 4.79 Å². The summed E-state index contributed by atoms with van der Waals surface area (Å²) in [5.41, 5.74) is 2.83. The highest BCUT2D eigenvalue weighted by atomic mass is 16.5. The van der Waals surface area contributed by atoms with Crippen molar-refractivity contribution in [1.82, 2.24) is 16.0 Å². The first-order chi connectivity index (χ1) is 12.7. The number of rotatable bonds is 7. The maximum Gasteiger partial charge on any atom is 0.251 e. The van der Waals surface area contributed by atoms with Crippen LogP contribution in [0.15, 0.2) is 53.5 Å². The fraction of sp³-hybridized carbons (Fsp3) is 0.300. The molecule has 0 radical (unpaired) electrons. The van der Waals surface area contributed by atoms with E-state index in [1.54, 1.807) is 21.2 Å². The van der Waals surface area contributed by atoms with Crippen molar-refractivity contribution in [3.63, 3.8) is 0 Å². The molecule has 2 rings (SSSR count). The standard InChI is InChI=1S/C20H26N4O2/c1-21-19(25)16-9-6-7-15(13-16)11-12-23-20(22-2)24-14-17-8-4-5-10-18(17)26-3/h4-10,13H,11-12,14H2,1-3H3,(H,21,25)(H2,22,23,24). The number of carbonyl (C=O) groups excluding carboxylic acids is 1. The monoisotopic (exact) mass is 354 g/mol. The fourth-order valence-corrected chi connectivity index (χ4v) is 2.59. The Kier molecular flexibility index (Phi) is 7.49. The van der Waals surface area contributed by atoms with Gasteiger partial charge in [0.25, 0.3) is 5.91 Å². The summed E-state index contributed by atoms with van der Waals surface area (Å²) < 4.78 is 5.36. The summed E-state index contributed by atoms with van der Waals surface area (Å²) in [6.07, 6.45) is 0.792. The van der Waals surface area contributed by atoms with Crippen molar-refractivity contribution in [3.05, 3.63) is 65.2 Å². The molecule has 0 aromatic heterocycles. The van der Waals surface area contributed by atoms with Crippen LogP contribution in [0.1, 0.15) is 21.5 Å². The normalized spacial score (nSPS) is 11.0. The molecule has 0 aliphatic carbocycles. The minimum atomic E-state index is -0.0749. The largest absolute Gasteiger partial charge is 0.496 e. The predicted molar refractivity (Wildman–Crippen MR) is 105 cm³/mol. The van der Waals surface area contributed by atoms with E-state index in [-0.39, 0.29) is 5.91 Å². The molecule has 3 N–H and O–H groups in total. The van der Waals surface area contributed by atoms with Gasteiger partial charge < -0.3 is 20.7 Å². The van der Waals surface area contributed by atoms with Crippen LogP contribution in [0.4, 0.5) is 0 Å². The molecule has 0 unspecified atom stereocenters. The Balaban J connectivity index is 1.85. The lowest BCUT2D eigenvalue weighted by molar-refractivity contribution is 0.0963. The molecule has 6 heteroatoms. The Hall–Kier alpha value is -3.02. The number of hydrogen-bond donors (Lipinski definition) is 3. The minimum absolute atomic E-state index is 0.0749. The Bertz CT molecular complexity index is 759. The molecular weight excluding hydrogens is 328 g/mol. The molecule has 26 heavy (non-hydrogen) atoms. The number of carbonyl (C=O) groups is 1. The quantitative estimate of drug-likeness (QED) is 0.525. The number of amides is 1. The van der Waals surface area contributed by atoms with Crippen molar-refractivity contribution >= 4 is 11.9 Å². The molecule has 0 bridgehead atoms. The number of ether oxygens (including phenoxy) is 1. The molecule has 0 spiro atoms. The number of nitrogens with one attached hydrogen (secondary N) is 3. The van der Waals surface area contributed by atoms with Gasteiger partial charge in [0.15, 0.2) is 5.96 Å². The molecule has 0 aliphatic heterocycles. The predicted octanol–water partition coefficient (Wildman–Crippen LogP) is 1.96. The highest BCUT2D eigenvalue weighted by Gasteiger charge is 2.05. The van der Waals surface area contributed by atoms with Gasteiger partial charge in [-0.25, -0.2) is 0 Å². The van der Waals surface area contributed by atoms with Crippen molar-refractivity contribution in [2.24, 2.45) is 4.99 Å². The smallest absolute Gasteiger partial charge is 0.251 e. The highest BCUT2D eigenvalue weighted by molar-refractivity contribution is 5.94. The van der Waals surface area contributed by atoms with Crippen molar-refractivity contribution < 1.29 is 9.53 Å². The Morgan fingerprint density at radius 3 is 2.65 bits per heavy atom. The van der Waals surface area contributed by atoms with Gasteiger partial charge in [0.05, 0.1) is 7.11 Å². The Labute approximate surface area is 154 Å². The highest BCUT2D eigenvalue weighted by Crippen LogP contribution is 2.16. The number of benzene rings is 2. The zero-order valence-corrected chi connectivity index (χ0v) is 15.5. The van der Waals surface area contributed by atoms with Crippen molar-refractivity contribution in [2.45, 2.75) is 13.0 Å². The zero-order valence-electron chi connectivity index (χ0n) is 15.5. The summed E-state index contributed by atoms with van der Waals surface area (Å²) in [5.74, 6) is 1.49. The molecule has 0 atom stereocenters. The Morgan fingerprint density at radius 1 is 1.12 bits per heavy atom. The number of nitrogens with zero attached hydrogens (tertiary/aromatic N) is 1. The molecule has 138 valence electrons. The SMILES string of the molecule is CN=C(NCCc1cccc(C(=O)NC)c1)NCc1ccccc1OC. The topological polar surface area (TPSA) is 74.8 Å². The third kappa shape index (κ3) is 5.51. The minimum Gasteiger partial charge on any atom is -0.496 e. The van der Waals surface area contributed by atoms with Gasteiger partial charge in [-0.1, -0.05) is 30.3 Å². The van der Waals surface area contributed by atoms with Gasteiger partial charge in [-0.05, 0) is 30.2 Å². The second-order valence-electron chi connectivity index (χ2n) is 5.69. The van der Waals surface area contributed by atoms with Crippen LogP contribution in [0, 0.1) is 0 Å². The first-order valence-corrected chi connectivity index (χ1v) is 8.55. The van der Waals surface area contributed by atoms with E-state index in [1.807, 2.05) is 48.5 Å². The van der Waals surface area contributed by atoms with E-state index < -0.39 is 0 Å². The van der Waals surface area contributed by atoms with E-state index in [0.29, 0.717) is 18.7 Å². The lowest BCUT2D eigenvalue weighted by Crippen LogP contribution is -2.37. The summed E-state index contributed by atoms with van der Waals surface area (Å²) in [4.78, 5) is 15.9. The van der Waals surface area contributed by atoms with Crippen molar-refractivity contribution in [2.75, 3.05) is 27.7 Å². The maximum atomic E-state index is 11.7. The van der Waals surface area contributed by atoms with Crippen LogP contribution in [0.5, 0.6) is 5.75 Å². The van der Waals surface area contributed by atoms with E-state index in [0.717, 1.165) is 29.3 Å². The fourth-order valence-electron chi connectivity index (χ4n) is 2.59. The first kappa shape index (κ1) is 19.3. The lowest BCUT2D eigenvalue weighted by Gasteiger charge is -2.14. The van der Waals surface area contributed by atoms with Gasteiger partial charge in [0.1, 0.15) is 5.75 Å². The average Bonchev–Trinajstić information content (AvgIpc) is 2.70. The van der Waals surface area contributed by atoms with Gasteiger partial charge in [-0.2, -0.15) is 0 Å². The number of aliphatic imine (C=N–C) groups is 1. The van der Waals surface area contributed by atoms with Crippen LogP contribution < -0.4 is 20.7 Å². The number of para-hydroxylation sites is 1. The van der Waals surface area contributed by atoms with E-state index >= 15 is 0 Å². The molecule has 0 fully saturated rings. The van der Waals surface area contributed by atoms with E-state index in [2.05, 4.69) is 20.9 Å².